The van der Waals surface area contributed by atoms with Crippen molar-refractivity contribution in [3.63, 3.8) is 0 Å². The van der Waals surface area contributed by atoms with Gasteiger partial charge in [0.2, 0.25) is 0 Å². The van der Waals surface area contributed by atoms with Gasteiger partial charge in [-0.3, -0.25) is 13.8 Å². The van der Waals surface area contributed by atoms with Crippen molar-refractivity contribution in [2.24, 2.45) is 0 Å². The normalized spacial score (nSPS) is 22.6. The van der Waals surface area contributed by atoms with E-state index in [9.17, 15) is 39.8 Å². The van der Waals surface area contributed by atoms with E-state index in [0.717, 1.165) is 103 Å². The van der Waals surface area contributed by atoms with E-state index in [0.29, 0.717) is 13.0 Å². The van der Waals surface area contributed by atoms with E-state index >= 15 is 0 Å². The van der Waals surface area contributed by atoms with Crippen LogP contribution in [0.15, 0.2) is 134 Å². The molecule has 1 rings (SSSR count). The first-order valence-corrected chi connectivity index (χ1v) is 25.5. The Hall–Kier alpha value is -3.52. The summed E-state index contributed by atoms with van der Waals surface area (Å²) in [5.41, 5.74) is 0. The number of aliphatic hydroxyl groups excluding tert-OH is 5. The second-order valence-electron chi connectivity index (χ2n) is 15.8. The Balaban J connectivity index is 2.47. The van der Waals surface area contributed by atoms with Crippen molar-refractivity contribution in [1.29, 1.82) is 0 Å². The van der Waals surface area contributed by atoms with Gasteiger partial charge in [0, 0.05) is 13.0 Å². The van der Waals surface area contributed by atoms with Gasteiger partial charge in [0.25, 0.3) is 0 Å². The molecule has 6 unspecified atom stereocenters. The van der Waals surface area contributed by atoms with Crippen molar-refractivity contribution in [3.05, 3.63) is 134 Å². The maximum Gasteiger partial charge on any atom is 0.472 e. The van der Waals surface area contributed by atoms with Crippen LogP contribution in [0.1, 0.15) is 129 Å². The van der Waals surface area contributed by atoms with Gasteiger partial charge in [-0.2, -0.15) is 0 Å². The zero-order valence-electron chi connectivity index (χ0n) is 39.7. The van der Waals surface area contributed by atoms with Crippen molar-refractivity contribution < 1.29 is 58.3 Å². The third-order valence-electron chi connectivity index (χ3n) is 10.0. The maximum atomic E-state index is 12.8. The number of hydrogen-bond acceptors (Lipinski definition) is 11. The molecule has 1 fully saturated rings. The average Bonchev–Trinajstić information content (AvgIpc) is 3.30. The number of hydrogen-bond donors (Lipinski definition) is 6. The Morgan fingerprint density at radius 2 is 0.833 bits per heavy atom. The minimum Gasteiger partial charge on any atom is -0.457 e. The van der Waals surface area contributed by atoms with E-state index in [4.69, 9.17) is 18.5 Å². The Labute approximate surface area is 396 Å². The summed E-state index contributed by atoms with van der Waals surface area (Å²) >= 11 is 0. The smallest absolute Gasteiger partial charge is 0.457 e. The Morgan fingerprint density at radius 1 is 0.485 bits per heavy atom. The number of phosphoric acid groups is 1. The number of unbranched alkanes of at least 4 members (excludes halogenated alkanes) is 4. The minimum absolute atomic E-state index is 0.109. The minimum atomic E-state index is -5.06. The van der Waals surface area contributed by atoms with Gasteiger partial charge < -0.3 is 39.9 Å². The SMILES string of the molecule is CC/C=C\C/C=C\C/C=C\C/C=C\C/C=C\C/C=C\CCCCC(=O)OC(COCCCC/C=C\C/C=C\C/C=C\C/C=C\C/C=C\CC)COP(=O)(O)OC1C(O)C(O)C(O)C(O)C1O. The molecule has 0 aliphatic heterocycles. The van der Waals surface area contributed by atoms with Gasteiger partial charge in [0.15, 0.2) is 0 Å². The van der Waals surface area contributed by atoms with Crippen LogP contribution in [0.3, 0.4) is 0 Å². The third-order valence-corrected chi connectivity index (χ3v) is 11.0. The van der Waals surface area contributed by atoms with Crippen LogP contribution in [0.4, 0.5) is 0 Å². The van der Waals surface area contributed by atoms with Gasteiger partial charge >= 0.3 is 13.8 Å². The lowest BCUT2D eigenvalue weighted by molar-refractivity contribution is -0.220. The molecule has 0 heterocycles. The Kier molecular flexibility index (Phi) is 38.2. The highest BCUT2D eigenvalue weighted by molar-refractivity contribution is 7.47. The van der Waals surface area contributed by atoms with Crippen LogP contribution in [0.5, 0.6) is 0 Å². The maximum absolute atomic E-state index is 12.8. The molecule has 0 saturated heterocycles. The fourth-order valence-electron chi connectivity index (χ4n) is 6.26. The second kappa shape index (κ2) is 41.7. The molecule has 1 aliphatic carbocycles. The molecule has 1 aliphatic rings. The molecule has 0 aromatic heterocycles. The molecule has 0 spiro atoms. The number of carbonyl (C=O) groups is 1. The fourth-order valence-corrected chi connectivity index (χ4v) is 7.24. The van der Waals surface area contributed by atoms with E-state index in [1.165, 1.54) is 0 Å². The van der Waals surface area contributed by atoms with Crippen molar-refractivity contribution in [2.75, 3.05) is 19.8 Å². The van der Waals surface area contributed by atoms with Crippen molar-refractivity contribution in [3.8, 4) is 0 Å². The molecule has 6 atom stereocenters. The average molecular weight is 943 g/mol. The predicted octanol–water partition coefficient (Wildman–Crippen LogP) is 10.4. The summed E-state index contributed by atoms with van der Waals surface area (Å²) in [4.78, 5) is 23.2. The lowest BCUT2D eigenvalue weighted by Crippen LogP contribution is -2.64. The van der Waals surface area contributed by atoms with Crippen molar-refractivity contribution >= 4 is 13.8 Å². The molecule has 12 nitrogen and oxygen atoms in total. The third kappa shape index (κ3) is 33.0. The van der Waals surface area contributed by atoms with Gasteiger partial charge in [-0.05, 0) is 109 Å². The zero-order chi connectivity index (χ0) is 48.4. The summed E-state index contributed by atoms with van der Waals surface area (Å²) in [7, 11) is -5.06. The molecule has 6 N–H and O–H groups in total. The van der Waals surface area contributed by atoms with Crippen molar-refractivity contribution in [1.82, 2.24) is 0 Å². The number of esters is 1. The Bertz CT molecular complexity index is 1590. The van der Waals surface area contributed by atoms with Crippen LogP contribution in [-0.4, -0.2) is 98.9 Å². The summed E-state index contributed by atoms with van der Waals surface area (Å²) in [6, 6.07) is 0. The number of rotatable bonds is 38. The van der Waals surface area contributed by atoms with E-state index in [2.05, 4.69) is 148 Å². The monoisotopic (exact) mass is 943 g/mol. The first kappa shape index (κ1) is 60.5. The number of allylic oxidation sites excluding steroid dienone is 22. The summed E-state index contributed by atoms with van der Waals surface area (Å²) in [5, 5.41) is 50.2. The van der Waals surface area contributed by atoms with Crippen LogP contribution in [0.2, 0.25) is 0 Å². The molecular formula is C53H83O12P. The van der Waals surface area contributed by atoms with Gasteiger partial charge in [0.05, 0.1) is 13.2 Å². The van der Waals surface area contributed by atoms with E-state index < -0.39 is 63.1 Å². The molecule has 66 heavy (non-hydrogen) atoms. The lowest BCUT2D eigenvalue weighted by atomic mass is 9.85. The first-order valence-electron chi connectivity index (χ1n) is 24.0. The van der Waals surface area contributed by atoms with E-state index in [1.54, 1.807) is 0 Å². The molecule has 0 bridgehead atoms. The number of carbonyl (C=O) groups excluding carboxylic acids is 1. The summed E-state index contributed by atoms with van der Waals surface area (Å²) in [6.45, 7) is 3.85. The highest BCUT2D eigenvalue weighted by atomic mass is 31.2. The molecule has 0 radical (unpaired) electrons. The van der Waals surface area contributed by atoms with Gasteiger partial charge in [0.1, 0.15) is 42.7 Å². The zero-order valence-corrected chi connectivity index (χ0v) is 40.6. The number of aliphatic hydroxyl groups is 5. The van der Waals surface area contributed by atoms with Gasteiger partial charge in [-0.25, -0.2) is 4.57 Å². The molecule has 1 saturated carbocycles. The summed E-state index contributed by atoms with van der Waals surface area (Å²) in [6.07, 6.45) is 49.5. The largest absolute Gasteiger partial charge is 0.472 e. The Morgan fingerprint density at radius 3 is 1.23 bits per heavy atom. The number of ether oxygens (including phenoxy) is 2. The molecule has 13 heteroatoms. The fraction of sp³-hybridized carbons (Fsp3) is 0.566. The summed E-state index contributed by atoms with van der Waals surface area (Å²) in [5.74, 6) is -0.541. The predicted molar refractivity (Wildman–Crippen MR) is 266 cm³/mol. The molecule has 372 valence electrons. The molecule has 0 aromatic carbocycles. The molecule has 0 aromatic rings. The quantitative estimate of drug-likeness (QED) is 0.0149. The molecule has 0 amide bonds. The van der Waals surface area contributed by atoms with Crippen LogP contribution in [0.25, 0.3) is 0 Å². The standard InChI is InChI=1S/C53H83O12P/c1-3-5-7-9-11-13-15-17-19-21-23-24-25-26-28-30-32-34-36-38-40-42-47(54)64-46(45-63-66(60,61)65-53-51(58)49(56)48(55)50(57)52(53)59)44-62-43-41-39-37-35-33-31-29-27-22-20-18-16-14-12-10-8-6-4-2/h5-8,11-14,17-20,23-24,26-29,32-35,46,48-53,55-59H,3-4,9-10,15-16,21-22,25,30-31,36-45H2,1-2H3,(H,60,61)/b7-5-,8-6-,13-11-,14-12-,19-17-,20-18-,24-23-,28-26-,29-27-,34-32-,35-33-. The van der Waals surface area contributed by atoms with Crippen LogP contribution < -0.4 is 0 Å². The van der Waals surface area contributed by atoms with Gasteiger partial charge in [-0.1, -0.05) is 148 Å². The first-order chi connectivity index (χ1) is 32.0. The number of phosphoric ester groups is 1. The van der Waals surface area contributed by atoms with Crippen molar-refractivity contribution in [2.45, 2.75) is 172 Å². The van der Waals surface area contributed by atoms with E-state index in [1.807, 2.05) is 0 Å². The van der Waals surface area contributed by atoms with Crippen LogP contribution in [-0.2, 0) is 27.9 Å². The van der Waals surface area contributed by atoms with Gasteiger partial charge in [-0.15, -0.1) is 0 Å². The topological polar surface area (TPSA) is 192 Å². The highest BCUT2D eigenvalue weighted by Crippen LogP contribution is 2.47. The molecular weight excluding hydrogens is 860 g/mol. The summed E-state index contributed by atoms with van der Waals surface area (Å²) < 4.78 is 34.1. The lowest BCUT2D eigenvalue weighted by Gasteiger charge is -2.41. The highest BCUT2D eigenvalue weighted by Gasteiger charge is 2.51. The second-order valence-corrected chi connectivity index (χ2v) is 17.2. The van der Waals surface area contributed by atoms with E-state index in [-0.39, 0.29) is 13.0 Å². The van der Waals surface area contributed by atoms with Crippen LogP contribution >= 0.6 is 7.82 Å². The van der Waals surface area contributed by atoms with Crippen LogP contribution in [0, 0.1) is 0 Å².